The molecule has 1 rings (SSSR count). The normalized spacial score (nSPS) is 9.73. The van der Waals surface area contributed by atoms with E-state index in [1.807, 2.05) is 0 Å². The van der Waals surface area contributed by atoms with Crippen molar-refractivity contribution in [2.75, 3.05) is 7.11 Å². The average Bonchev–Trinajstić information content (AvgIpc) is 2.20. The highest BCUT2D eigenvalue weighted by atomic mass is 35.5. The molecule has 15 heavy (non-hydrogen) atoms. The largest absolute Gasteiger partial charge is 0.469 e. The molecule has 0 spiro atoms. The Balaban J connectivity index is 3.06. The first-order chi connectivity index (χ1) is 7.04. The first-order valence-corrected chi connectivity index (χ1v) is 4.29. The molecule has 1 aromatic rings. The number of halogens is 1. The fraction of sp³-hybridized carbons (Fsp3) is 0.250. The number of hydrogen-bond donors (Lipinski definition) is 0. The van der Waals surface area contributed by atoms with Crippen molar-refractivity contribution in [2.24, 2.45) is 0 Å². The van der Waals surface area contributed by atoms with Crippen molar-refractivity contribution in [3.05, 3.63) is 33.0 Å². The van der Waals surface area contributed by atoms with Crippen LogP contribution >= 0.6 is 11.6 Å². The Morgan fingerprint density at radius 2 is 2.33 bits per heavy atom. The summed E-state index contributed by atoms with van der Waals surface area (Å²) in [6.07, 6.45) is -0.197. The predicted molar refractivity (Wildman–Crippen MR) is 51.6 cm³/mol. The molecule has 0 aliphatic rings. The van der Waals surface area contributed by atoms with Crippen molar-refractivity contribution in [3.63, 3.8) is 0 Å². The average molecular weight is 231 g/mol. The van der Waals surface area contributed by atoms with Crippen molar-refractivity contribution in [1.29, 1.82) is 0 Å². The Morgan fingerprint density at radius 3 is 2.87 bits per heavy atom. The third-order valence-corrected chi connectivity index (χ3v) is 1.87. The molecule has 0 N–H and O–H groups in total. The van der Waals surface area contributed by atoms with Crippen LogP contribution in [0.3, 0.4) is 0 Å². The molecule has 6 nitrogen and oxygen atoms in total. The van der Waals surface area contributed by atoms with Gasteiger partial charge in [-0.3, -0.25) is 4.79 Å². The molecule has 7 heteroatoms. The molecule has 0 bridgehead atoms. The minimum atomic E-state index is -0.690. The summed E-state index contributed by atoms with van der Waals surface area (Å²) in [5, 5.41) is 10.6. The summed E-state index contributed by atoms with van der Waals surface area (Å²) in [5.74, 6) is -0.991. The van der Waals surface area contributed by atoms with Gasteiger partial charge in [-0.25, -0.2) is 0 Å². The van der Waals surface area contributed by atoms with Gasteiger partial charge in [-0.2, -0.15) is 0 Å². The van der Waals surface area contributed by atoms with Gasteiger partial charge in [0.1, 0.15) is 0 Å². The van der Waals surface area contributed by atoms with Crippen molar-refractivity contribution in [3.8, 4) is 0 Å². The van der Waals surface area contributed by atoms with E-state index < -0.39 is 16.7 Å². The van der Waals surface area contributed by atoms with Gasteiger partial charge < -0.3 is 14.9 Å². The zero-order chi connectivity index (χ0) is 11.4. The highest BCUT2D eigenvalue weighted by Crippen LogP contribution is 2.19. The molecule has 0 saturated heterocycles. The number of nitrogens with zero attached hydrogens (tertiary/aromatic N) is 2. The number of rotatable bonds is 3. The third-order valence-electron chi connectivity index (χ3n) is 1.66. The van der Waals surface area contributed by atoms with Crippen molar-refractivity contribution >= 4 is 23.4 Å². The van der Waals surface area contributed by atoms with E-state index in [0.717, 1.165) is 0 Å². The van der Waals surface area contributed by atoms with Gasteiger partial charge in [0, 0.05) is 6.07 Å². The molecule has 0 atom stereocenters. The molecule has 1 aromatic heterocycles. The van der Waals surface area contributed by atoms with Gasteiger partial charge >= 0.3 is 11.8 Å². The number of carbonyl (C=O) groups excluding carboxylic acids is 1. The summed E-state index contributed by atoms with van der Waals surface area (Å²) in [6, 6.07) is 2.76. The summed E-state index contributed by atoms with van der Waals surface area (Å²) >= 11 is 5.50. The summed E-state index contributed by atoms with van der Waals surface area (Å²) in [5.41, 5.74) is 0.177. The van der Waals surface area contributed by atoms with Crippen molar-refractivity contribution in [2.45, 2.75) is 6.42 Å². The van der Waals surface area contributed by atoms with Crippen LogP contribution in [0.1, 0.15) is 5.56 Å². The second-order valence-electron chi connectivity index (χ2n) is 2.63. The van der Waals surface area contributed by atoms with Crippen molar-refractivity contribution in [1.82, 2.24) is 4.98 Å². The van der Waals surface area contributed by atoms with Gasteiger partial charge in [-0.1, -0.05) is 0 Å². The van der Waals surface area contributed by atoms with Crippen LogP contribution < -0.4 is 0 Å². The fourth-order valence-electron chi connectivity index (χ4n) is 0.978. The lowest BCUT2D eigenvalue weighted by molar-refractivity contribution is -0.390. The molecule has 0 saturated carbocycles. The Hall–Kier alpha value is -1.69. The maximum absolute atomic E-state index is 10.9. The van der Waals surface area contributed by atoms with Gasteiger partial charge in [-0.05, 0) is 27.6 Å². The van der Waals surface area contributed by atoms with Crippen LogP contribution in [0.5, 0.6) is 0 Å². The smallest absolute Gasteiger partial charge is 0.368 e. The quantitative estimate of drug-likeness (QED) is 0.339. The first kappa shape index (κ1) is 11.4. The second-order valence-corrected chi connectivity index (χ2v) is 3.01. The molecular formula is C8H7ClN2O4. The standard InChI is InChI=1S/C8H7ClN2O4/c1-15-7(12)4-5-2-3-6(9)10-8(5)11(13)14/h2-3H,4H2,1H3. The molecule has 0 radical (unpaired) electrons. The van der Waals surface area contributed by atoms with Gasteiger partial charge in [0.25, 0.3) is 0 Å². The fourth-order valence-corrected chi connectivity index (χ4v) is 1.12. The maximum Gasteiger partial charge on any atom is 0.368 e. The molecule has 80 valence electrons. The van der Waals surface area contributed by atoms with E-state index in [1.165, 1.54) is 19.2 Å². The highest BCUT2D eigenvalue weighted by Gasteiger charge is 2.19. The Labute approximate surface area is 90.0 Å². The Morgan fingerprint density at radius 1 is 1.67 bits per heavy atom. The van der Waals surface area contributed by atoms with Crippen LogP contribution in [0.15, 0.2) is 12.1 Å². The second kappa shape index (κ2) is 4.70. The van der Waals surface area contributed by atoms with E-state index >= 15 is 0 Å². The summed E-state index contributed by atoms with van der Waals surface area (Å²) < 4.78 is 4.40. The minimum absolute atomic E-state index is 0.00955. The Bertz CT molecular complexity index is 408. The summed E-state index contributed by atoms with van der Waals surface area (Å²) in [4.78, 5) is 24.3. The van der Waals surface area contributed by atoms with E-state index in [1.54, 1.807) is 0 Å². The number of esters is 1. The molecule has 0 unspecified atom stereocenters. The molecule has 0 aliphatic heterocycles. The first-order valence-electron chi connectivity index (χ1n) is 3.91. The van der Waals surface area contributed by atoms with Crippen LogP contribution in [-0.4, -0.2) is 23.0 Å². The predicted octanol–water partition coefficient (Wildman–Crippen LogP) is 1.36. The molecule has 0 amide bonds. The van der Waals surface area contributed by atoms with Gasteiger partial charge in [-0.15, -0.1) is 0 Å². The Kier molecular flexibility index (Phi) is 3.56. The lowest BCUT2D eigenvalue weighted by Gasteiger charge is -2.00. The van der Waals surface area contributed by atoms with Crippen LogP contribution in [0.2, 0.25) is 5.15 Å². The summed E-state index contributed by atoms with van der Waals surface area (Å²) in [6.45, 7) is 0. The molecular weight excluding hydrogens is 224 g/mol. The molecule has 0 fully saturated rings. The number of carbonyl (C=O) groups is 1. The summed E-state index contributed by atoms with van der Waals surface area (Å²) in [7, 11) is 1.21. The number of nitro groups is 1. The number of hydrogen-bond acceptors (Lipinski definition) is 5. The van der Waals surface area contributed by atoms with Crippen LogP contribution in [0.4, 0.5) is 5.82 Å². The minimum Gasteiger partial charge on any atom is -0.469 e. The van der Waals surface area contributed by atoms with Crippen LogP contribution in [-0.2, 0) is 16.0 Å². The lowest BCUT2D eigenvalue weighted by atomic mass is 10.2. The van der Waals surface area contributed by atoms with Crippen LogP contribution in [0.25, 0.3) is 0 Å². The van der Waals surface area contributed by atoms with Crippen LogP contribution in [0, 0.1) is 10.1 Å². The van der Waals surface area contributed by atoms with E-state index in [2.05, 4.69) is 9.72 Å². The number of pyridine rings is 1. The lowest BCUT2D eigenvalue weighted by Crippen LogP contribution is -2.07. The van der Waals surface area contributed by atoms with Gasteiger partial charge in [0.2, 0.25) is 5.15 Å². The number of aromatic nitrogens is 1. The SMILES string of the molecule is COC(=O)Cc1ccc(Cl)nc1[N+](=O)[O-]. The third kappa shape index (κ3) is 2.88. The highest BCUT2D eigenvalue weighted by molar-refractivity contribution is 6.29. The van der Waals surface area contributed by atoms with Crippen molar-refractivity contribution < 1.29 is 14.5 Å². The maximum atomic E-state index is 10.9. The van der Waals surface area contributed by atoms with Gasteiger partial charge in [0.05, 0.1) is 19.1 Å². The molecule has 0 aromatic carbocycles. The number of methoxy groups -OCH3 is 1. The molecule has 0 aliphatic carbocycles. The van der Waals surface area contributed by atoms with E-state index in [0.29, 0.717) is 0 Å². The van der Waals surface area contributed by atoms with Gasteiger partial charge in [0.15, 0.2) is 0 Å². The number of ether oxygens (including phenoxy) is 1. The van der Waals surface area contributed by atoms with E-state index in [-0.39, 0.29) is 17.1 Å². The molecule has 1 heterocycles. The zero-order valence-electron chi connectivity index (χ0n) is 7.77. The van der Waals surface area contributed by atoms with E-state index in [4.69, 9.17) is 11.6 Å². The zero-order valence-corrected chi connectivity index (χ0v) is 8.52. The topological polar surface area (TPSA) is 82.3 Å². The van der Waals surface area contributed by atoms with E-state index in [9.17, 15) is 14.9 Å². The monoisotopic (exact) mass is 230 g/mol.